The van der Waals surface area contributed by atoms with Crippen LogP contribution in [-0.2, 0) is 4.74 Å². The summed E-state index contributed by atoms with van der Waals surface area (Å²) in [7, 11) is 1.69. The molecule has 2 rings (SSSR count). The Balaban J connectivity index is 2.22. The van der Waals surface area contributed by atoms with Crippen LogP contribution in [0.25, 0.3) is 0 Å². The van der Waals surface area contributed by atoms with Gasteiger partial charge in [-0.15, -0.1) is 0 Å². The van der Waals surface area contributed by atoms with Gasteiger partial charge in [0.1, 0.15) is 0 Å². The predicted molar refractivity (Wildman–Crippen MR) is 50.6 cm³/mol. The molecule has 2 atom stereocenters. The normalized spacial score (nSPS) is 39.8. The molecule has 3 heteroatoms. The summed E-state index contributed by atoms with van der Waals surface area (Å²) in [5.74, 6) is 0. The Labute approximate surface area is 79.0 Å². The van der Waals surface area contributed by atoms with Gasteiger partial charge in [-0.1, -0.05) is 12.2 Å². The number of hydrogen-bond acceptors (Lipinski definition) is 3. The van der Waals surface area contributed by atoms with E-state index in [1.54, 1.807) is 7.11 Å². The Morgan fingerprint density at radius 1 is 1.77 bits per heavy atom. The highest BCUT2D eigenvalue weighted by Crippen LogP contribution is 2.40. The van der Waals surface area contributed by atoms with E-state index in [0.717, 1.165) is 25.9 Å². The summed E-state index contributed by atoms with van der Waals surface area (Å²) in [5, 5.41) is 9.94. The van der Waals surface area contributed by atoms with Crippen LogP contribution in [0.15, 0.2) is 12.2 Å². The lowest BCUT2D eigenvalue weighted by Gasteiger charge is -2.33. The topological polar surface area (TPSA) is 32.7 Å². The summed E-state index contributed by atoms with van der Waals surface area (Å²) in [6, 6.07) is 0. The molecule has 2 heterocycles. The molecule has 2 aliphatic rings. The van der Waals surface area contributed by atoms with Crippen LogP contribution in [-0.4, -0.2) is 48.5 Å². The number of ether oxygens (including phenoxy) is 1. The van der Waals surface area contributed by atoms with Crippen molar-refractivity contribution in [2.45, 2.75) is 24.5 Å². The van der Waals surface area contributed by atoms with Crippen LogP contribution in [0.1, 0.15) is 12.8 Å². The molecule has 0 aromatic heterocycles. The van der Waals surface area contributed by atoms with Crippen LogP contribution in [0.2, 0.25) is 0 Å². The fourth-order valence-corrected chi connectivity index (χ4v) is 2.69. The molecule has 0 amide bonds. The van der Waals surface area contributed by atoms with Gasteiger partial charge in [0, 0.05) is 20.2 Å². The van der Waals surface area contributed by atoms with Gasteiger partial charge in [-0.05, 0) is 12.8 Å². The van der Waals surface area contributed by atoms with Crippen LogP contribution in [0.3, 0.4) is 0 Å². The van der Waals surface area contributed by atoms with E-state index < -0.39 is 0 Å². The monoisotopic (exact) mass is 183 g/mol. The van der Waals surface area contributed by atoms with Crippen LogP contribution >= 0.6 is 0 Å². The molecule has 0 aromatic rings. The maximum atomic E-state index is 9.94. The van der Waals surface area contributed by atoms with Crippen molar-refractivity contribution >= 4 is 0 Å². The van der Waals surface area contributed by atoms with Gasteiger partial charge in [0.15, 0.2) is 0 Å². The molecule has 2 saturated heterocycles. The molecule has 0 saturated carbocycles. The number of nitrogens with zero attached hydrogens (tertiary/aromatic N) is 1. The molecule has 13 heavy (non-hydrogen) atoms. The van der Waals surface area contributed by atoms with E-state index >= 15 is 0 Å². The van der Waals surface area contributed by atoms with Crippen molar-refractivity contribution < 1.29 is 9.84 Å². The third-order valence-electron chi connectivity index (χ3n) is 3.29. The Hall–Kier alpha value is -0.380. The van der Waals surface area contributed by atoms with Gasteiger partial charge in [0.2, 0.25) is 0 Å². The first-order valence-corrected chi connectivity index (χ1v) is 4.78. The second-order valence-corrected chi connectivity index (χ2v) is 4.19. The molecule has 0 spiro atoms. The number of fused-ring (bicyclic) bond motifs is 1. The van der Waals surface area contributed by atoms with Crippen LogP contribution < -0.4 is 0 Å². The van der Waals surface area contributed by atoms with Crippen molar-refractivity contribution in [2.24, 2.45) is 0 Å². The summed E-state index contributed by atoms with van der Waals surface area (Å²) in [5.41, 5.74) is 1.07. The molecule has 2 fully saturated rings. The number of rotatable bonds is 2. The first-order chi connectivity index (χ1) is 6.19. The van der Waals surface area contributed by atoms with Crippen LogP contribution in [0.4, 0.5) is 0 Å². The molecule has 3 nitrogen and oxygen atoms in total. The van der Waals surface area contributed by atoms with Gasteiger partial charge in [-0.3, -0.25) is 4.90 Å². The third kappa shape index (κ3) is 1.23. The minimum absolute atomic E-state index is 0.147. The zero-order valence-electron chi connectivity index (χ0n) is 8.12. The summed E-state index contributed by atoms with van der Waals surface area (Å²) in [6.45, 7) is 6.52. The summed E-state index contributed by atoms with van der Waals surface area (Å²) in [6.07, 6.45) is 1.52. The number of methoxy groups -OCH3 is 1. The molecule has 0 aliphatic carbocycles. The van der Waals surface area contributed by atoms with Crippen molar-refractivity contribution in [3.63, 3.8) is 0 Å². The van der Waals surface area contributed by atoms with Gasteiger partial charge >= 0.3 is 0 Å². The Morgan fingerprint density at radius 2 is 2.54 bits per heavy atom. The van der Waals surface area contributed by atoms with Gasteiger partial charge in [0.05, 0.1) is 18.2 Å². The van der Waals surface area contributed by atoms with Crippen LogP contribution in [0, 0.1) is 0 Å². The molecule has 74 valence electrons. The summed E-state index contributed by atoms with van der Waals surface area (Å²) < 4.78 is 5.21. The summed E-state index contributed by atoms with van der Waals surface area (Å²) in [4.78, 5) is 2.31. The first kappa shape index (κ1) is 9.19. The van der Waals surface area contributed by atoms with Crippen molar-refractivity contribution in [2.75, 3.05) is 26.8 Å². The fraction of sp³-hybridized carbons (Fsp3) is 0.800. The number of hydrogen-bond donors (Lipinski definition) is 1. The van der Waals surface area contributed by atoms with Gasteiger partial charge in [-0.2, -0.15) is 0 Å². The van der Waals surface area contributed by atoms with Crippen molar-refractivity contribution in [1.82, 2.24) is 4.90 Å². The lowest BCUT2D eigenvalue weighted by molar-refractivity contribution is -0.00715. The predicted octanol–water partition coefficient (Wildman–Crippen LogP) is 0.398. The van der Waals surface area contributed by atoms with E-state index in [2.05, 4.69) is 11.5 Å². The lowest BCUT2D eigenvalue weighted by atomic mass is 9.91. The zero-order chi connectivity index (χ0) is 9.47. The average molecular weight is 183 g/mol. The smallest absolute Gasteiger partial charge is 0.0761 e. The lowest BCUT2D eigenvalue weighted by Crippen LogP contribution is -2.49. The molecule has 0 radical (unpaired) electrons. The highest BCUT2D eigenvalue weighted by atomic mass is 16.5. The zero-order valence-corrected chi connectivity index (χ0v) is 8.12. The van der Waals surface area contributed by atoms with E-state index in [1.165, 1.54) is 5.57 Å². The molecule has 0 aromatic carbocycles. The Kier molecular flexibility index (Phi) is 2.18. The van der Waals surface area contributed by atoms with E-state index in [9.17, 15) is 5.11 Å². The maximum Gasteiger partial charge on any atom is 0.0761 e. The largest absolute Gasteiger partial charge is 0.391 e. The molecule has 0 bridgehead atoms. The molecular formula is C10H17NO2. The van der Waals surface area contributed by atoms with E-state index in [1.807, 2.05) is 0 Å². The third-order valence-corrected chi connectivity index (χ3v) is 3.29. The summed E-state index contributed by atoms with van der Waals surface area (Å²) >= 11 is 0. The first-order valence-electron chi connectivity index (χ1n) is 4.78. The average Bonchev–Trinajstić information content (AvgIpc) is 2.51. The second-order valence-electron chi connectivity index (χ2n) is 4.19. The number of aliphatic hydroxyl groups excluding tert-OH is 1. The molecular weight excluding hydrogens is 166 g/mol. The van der Waals surface area contributed by atoms with Crippen molar-refractivity contribution in [3.05, 3.63) is 12.2 Å². The number of aliphatic hydroxyl groups is 1. The van der Waals surface area contributed by atoms with E-state index in [-0.39, 0.29) is 11.6 Å². The van der Waals surface area contributed by atoms with Crippen LogP contribution in [0.5, 0.6) is 0 Å². The highest BCUT2D eigenvalue weighted by Gasteiger charge is 2.51. The highest BCUT2D eigenvalue weighted by molar-refractivity contribution is 5.20. The Morgan fingerprint density at radius 3 is 3.23 bits per heavy atom. The fourth-order valence-electron chi connectivity index (χ4n) is 2.69. The minimum Gasteiger partial charge on any atom is -0.391 e. The molecule has 2 aliphatic heterocycles. The van der Waals surface area contributed by atoms with E-state index in [4.69, 9.17) is 4.74 Å². The molecule has 0 unspecified atom stereocenters. The van der Waals surface area contributed by atoms with Gasteiger partial charge in [-0.25, -0.2) is 0 Å². The van der Waals surface area contributed by atoms with Gasteiger partial charge in [0.25, 0.3) is 0 Å². The Bertz CT molecular complexity index is 229. The van der Waals surface area contributed by atoms with Gasteiger partial charge < -0.3 is 9.84 Å². The maximum absolute atomic E-state index is 9.94. The van der Waals surface area contributed by atoms with E-state index in [0.29, 0.717) is 6.61 Å². The molecule has 1 N–H and O–H groups in total. The standard InChI is InChI=1S/C10H17NO2/c1-8-5-10(7-13-2)9(12)3-4-11(10)6-8/h9,12H,1,3-7H2,2H3/t9-,10-/m0/s1. The second kappa shape index (κ2) is 3.08. The van der Waals surface area contributed by atoms with Crippen molar-refractivity contribution in [3.8, 4) is 0 Å². The quantitative estimate of drug-likeness (QED) is 0.629. The SMILES string of the molecule is C=C1CN2CC[C@H](O)[C@@]2(COC)C1. The minimum atomic E-state index is -0.244. The van der Waals surface area contributed by atoms with Crippen molar-refractivity contribution in [1.29, 1.82) is 0 Å².